The molecule has 0 amide bonds. The molecular weight excluding hydrogens is 1500 g/mol. The van der Waals surface area contributed by atoms with Crippen LogP contribution in [0.1, 0.15) is 464 Å². The van der Waals surface area contributed by atoms with Gasteiger partial charge < -0.3 is 19.8 Å². The SMILES string of the molecule is CCCCCCCCCCCCCCCCCCCS(=O)(=O)NCC(NS(=O)(=O)CCCCCCCCCCCCCCCCCCC)C(=O)[O-].CCCCCCCCCCCCCCCCCCCS(=O)(=O)NCC(NS(=O)(=O)CCCCCCCCCCCCCCCCCCC)C(=O)[O-].[Ba+2]. The zero-order valence-electron chi connectivity index (χ0n) is 67.7. The van der Waals surface area contributed by atoms with E-state index < -0.39 is 77.2 Å². The van der Waals surface area contributed by atoms with Gasteiger partial charge >= 0.3 is 48.9 Å². The first-order valence-electron chi connectivity index (χ1n) is 43.6. The molecule has 0 aromatic rings. The largest absolute Gasteiger partial charge is 2.00 e. The molecule has 103 heavy (non-hydrogen) atoms. The van der Waals surface area contributed by atoms with E-state index in [1.165, 1.54) is 321 Å². The summed E-state index contributed by atoms with van der Waals surface area (Å²) >= 11 is 0. The maximum absolute atomic E-state index is 12.5. The standard InChI is InChI=1S/2C41H84N2O6S2.Ba/c2*1-3-5-7-9-11-13-15-17-19-21-23-25-27-29-31-33-35-37-50(46,47)42-39-40(41(44)45)43-51(48,49)38-36-34-32-30-28-26-24-22-20-18-16-14-12-10-8-6-4-2;/h2*40,42-43H,3-39H2,1-2H3,(H,44,45);/q;;+2/p-2. The molecule has 0 aliphatic heterocycles. The zero-order chi connectivity index (χ0) is 75.5. The Bertz CT molecular complexity index is 2110. The van der Waals surface area contributed by atoms with Crippen molar-refractivity contribution < 1.29 is 53.5 Å². The van der Waals surface area contributed by atoms with Crippen LogP contribution < -0.4 is 29.1 Å². The van der Waals surface area contributed by atoms with Crippen LogP contribution in [0, 0.1) is 0 Å². The number of nitrogens with one attached hydrogen (secondary N) is 4. The maximum atomic E-state index is 12.5. The fraction of sp³-hybridized carbons (Fsp3) is 0.976. The molecule has 4 N–H and O–H groups in total. The molecule has 612 valence electrons. The van der Waals surface area contributed by atoms with E-state index in [0.717, 1.165) is 89.9 Å². The number of carboxylic acid groups (broad SMARTS) is 2. The molecule has 0 aliphatic rings. The summed E-state index contributed by atoms with van der Waals surface area (Å²) in [7, 11) is -15.1. The number of carbonyl (C=O) groups excluding carboxylic acids is 2. The van der Waals surface area contributed by atoms with Crippen LogP contribution in [0.3, 0.4) is 0 Å². The first-order chi connectivity index (χ1) is 49.3. The van der Waals surface area contributed by atoms with Crippen molar-refractivity contribution in [3.63, 3.8) is 0 Å². The van der Waals surface area contributed by atoms with Crippen LogP contribution in [-0.4, -0.2) is 143 Å². The molecule has 0 aromatic carbocycles. The monoisotopic (exact) mass is 1670 g/mol. The van der Waals surface area contributed by atoms with E-state index in [4.69, 9.17) is 0 Å². The molecular formula is C82H166BaN4O12S4. The topological polar surface area (TPSA) is 265 Å². The van der Waals surface area contributed by atoms with E-state index in [2.05, 4.69) is 46.6 Å². The minimum Gasteiger partial charge on any atom is -0.548 e. The minimum atomic E-state index is -3.87. The smallest absolute Gasteiger partial charge is 0.548 e. The Morgan fingerprint density at radius 3 is 0.456 bits per heavy atom. The first-order valence-corrected chi connectivity index (χ1v) is 50.2. The van der Waals surface area contributed by atoms with Crippen molar-refractivity contribution in [2.24, 2.45) is 0 Å². The number of carboxylic acids is 2. The van der Waals surface area contributed by atoms with Crippen molar-refractivity contribution in [1.29, 1.82) is 0 Å². The van der Waals surface area contributed by atoms with Gasteiger partial charge in [-0.3, -0.25) is 0 Å². The predicted molar refractivity (Wildman–Crippen MR) is 437 cm³/mol. The van der Waals surface area contributed by atoms with Crippen LogP contribution in [0.25, 0.3) is 0 Å². The molecule has 0 aromatic heterocycles. The van der Waals surface area contributed by atoms with Gasteiger partial charge in [0.2, 0.25) is 40.1 Å². The summed E-state index contributed by atoms with van der Waals surface area (Å²) in [5.74, 6) is -3.83. The number of carbonyl (C=O) groups is 2. The van der Waals surface area contributed by atoms with Crippen molar-refractivity contribution in [3.05, 3.63) is 0 Å². The van der Waals surface area contributed by atoms with Crippen LogP contribution in [0.15, 0.2) is 0 Å². The Morgan fingerprint density at radius 2 is 0.330 bits per heavy atom. The number of aliphatic carboxylic acids is 2. The molecule has 0 rings (SSSR count). The summed E-state index contributed by atoms with van der Waals surface area (Å²) < 4.78 is 108. The van der Waals surface area contributed by atoms with E-state index in [0.29, 0.717) is 25.7 Å². The summed E-state index contributed by atoms with van der Waals surface area (Å²) in [6.45, 7) is 7.92. The van der Waals surface area contributed by atoms with Gasteiger partial charge in [0.1, 0.15) is 0 Å². The van der Waals surface area contributed by atoms with Crippen LogP contribution >= 0.6 is 0 Å². The molecule has 0 bridgehead atoms. The molecule has 0 spiro atoms. The Balaban J connectivity index is -0.00000192. The number of rotatable bonds is 84. The molecule has 2 unspecified atom stereocenters. The van der Waals surface area contributed by atoms with Gasteiger partial charge in [0.25, 0.3) is 0 Å². The normalized spacial score (nSPS) is 12.7. The third-order valence-electron chi connectivity index (χ3n) is 20.3. The first kappa shape index (κ1) is 107. The molecule has 0 radical (unpaired) electrons. The minimum absolute atomic E-state index is 0. The molecule has 0 saturated heterocycles. The Kier molecular flexibility index (Phi) is 83.6. The van der Waals surface area contributed by atoms with Gasteiger partial charge in [-0.05, 0) is 25.7 Å². The van der Waals surface area contributed by atoms with Crippen molar-refractivity contribution >= 4 is 101 Å². The Morgan fingerprint density at radius 1 is 0.214 bits per heavy atom. The second-order valence-corrected chi connectivity index (χ2v) is 38.2. The van der Waals surface area contributed by atoms with E-state index in [9.17, 15) is 53.5 Å². The molecule has 2 atom stereocenters. The van der Waals surface area contributed by atoms with Gasteiger partial charge in [-0.25, -0.2) is 52.6 Å². The Labute approximate surface area is 679 Å². The number of unbranched alkanes of at least 4 members (excludes halogenated alkanes) is 64. The quantitative estimate of drug-likeness (QED) is 0.0327. The number of hydrogen-bond acceptors (Lipinski definition) is 12. The summed E-state index contributed by atoms with van der Waals surface area (Å²) in [6.07, 6.45) is 82.2. The van der Waals surface area contributed by atoms with E-state index >= 15 is 0 Å². The van der Waals surface area contributed by atoms with Gasteiger partial charge in [0, 0.05) is 13.1 Å². The predicted octanol–water partition coefficient (Wildman–Crippen LogP) is 20.1. The molecule has 0 heterocycles. The number of hydrogen-bond donors (Lipinski definition) is 4. The van der Waals surface area contributed by atoms with E-state index in [-0.39, 0.29) is 71.9 Å². The van der Waals surface area contributed by atoms with Crippen molar-refractivity contribution in [2.75, 3.05) is 36.1 Å². The van der Waals surface area contributed by atoms with Crippen LogP contribution in [0.2, 0.25) is 0 Å². The second-order valence-electron chi connectivity index (χ2n) is 30.6. The maximum Gasteiger partial charge on any atom is 2.00 e. The average molecular weight is 1670 g/mol. The summed E-state index contributed by atoms with van der Waals surface area (Å²) in [4.78, 5) is 23.2. The zero-order valence-corrected chi connectivity index (χ0v) is 75.4. The third-order valence-corrected chi connectivity index (χ3v) is 26.1. The van der Waals surface area contributed by atoms with E-state index in [1.807, 2.05) is 0 Å². The van der Waals surface area contributed by atoms with Crippen molar-refractivity contribution in [3.8, 4) is 0 Å². The number of sulfonamides is 4. The van der Waals surface area contributed by atoms with Crippen LogP contribution in [0.5, 0.6) is 0 Å². The molecule has 0 aliphatic carbocycles. The van der Waals surface area contributed by atoms with E-state index in [1.54, 1.807) is 0 Å². The van der Waals surface area contributed by atoms with Crippen LogP contribution in [-0.2, 0) is 49.7 Å². The van der Waals surface area contributed by atoms with Gasteiger partial charge in [0.05, 0.1) is 47.0 Å². The van der Waals surface area contributed by atoms with Gasteiger partial charge in [-0.1, -0.05) is 439 Å². The fourth-order valence-electron chi connectivity index (χ4n) is 13.5. The molecule has 21 heteroatoms. The molecule has 0 saturated carbocycles. The van der Waals surface area contributed by atoms with Gasteiger partial charge in [0.15, 0.2) is 0 Å². The second kappa shape index (κ2) is 80.2. The summed E-state index contributed by atoms with van der Waals surface area (Å²) in [5.41, 5.74) is 0. The van der Waals surface area contributed by atoms with Crippen molar-refractivity contribution in [2.45, 2.75) is 476 Å². The van der Waals surface area contributed by atoms with Crippen LogP contribution in [0.4, 0.5) is 0 Å². The fourth-order valence-corrected chi connectivity index (χ4v) is 18.5. The molecule has 16 nitrogen and oxygen atoms in total. The van der Waals surface area contributed by atoms with Gasteiger partial charge in [-0.2, -0.15) is 0 Å². The third kappa shape index (κ3) is 84.4. The average Bonchev–Trinajstić information content (AvgIpc) is 0.883. The van der Waals surface area contributed by atoms with Gasteiger partial charge in [-0.15, -0.1) is 0 Å². The molecule has 0 fully saturated rings. The summed E-state index contributed by atoms with van der Waals surface area (Å²) in [5, 5.41) is 23.2. The Hall–Kier alpha value is 0.151. The van der Waals surface area contributed by atoms with Crippen molar-refractivity contribution in [1.82, 2.24) is 18.9 Å². The summed E-state index contributed by atoms with van der Waals surface area (Å²) in [6, 6.07) is -3.27.